The molecule has 1 fully saturated rings. The predicted octanol–water partition coefficient (Wildman–Crippen LogP) is 3.24. The molecule has 0 unspecified atom stereocenters. The van der Waals surface area contributed by atoms with Crippen LogP contribution in [0.5, 0.6) is 5.88 Å². The molecule has 2 aromatic heterocycles. The zero-order chi connectivity index (χ0) is 14.7. The van der Waals surface area contributed by atoms with E-state index in [1.54, 1.807) is 11.3 Å². The molecule has 0 spiro atoms. The highest BCUT2D eigenvalue weighted by atomic mass is 32.1. The summed E-state index contributed by atoms with van der Waals surface area (Å²) in [5.74, 6) is 1.91. The summed E-state index contributed by atoms with van der Waals surface area (Å²) in [6.07, 6.45) is 2.13. The molecule has 5 nitrogen and oxygen atoms in total. The molecule has 0 aliphatic carbocycles. The van der Waals surface area contributed by atoms with Gasteiger partial charge in [0.2, 0.25) is 11.8 Å². The minimum absolute atomic E-state index is 0.561. The molecule has 6 heteroatoms. The van der Waals surface area contributed by atoms with Crippen molar-refractivity contribution in [2.24, 2.45) is 5.92 Å². The highest BCUT2D eigenvalue weighted by Crippen LogP contribution is 2.31. The number of aromatic nitrogens is 2. The Morgan fingerprint density at radius 3 is 2.95 bits per heavy atom. The van der Waals surface area contributed by atoms with Gasteiger partial charge in [0.25, 0.3) is 0 Å². The molecule has 3 heterocycles. The monoisotopic (exact) mass is 307 g/mol. The van der Waals surface area contributed by atoms with E-state index in [1.165, 1.54) is 4.88 Å². The van der Waals surface area contributed by atoms with Gasteiger partial charge in [-0.2, -0.15) is 4.98 Å². The molecule has 0 atom stereocenters. The lowest BCUT2D eigenvalue weighted by Crippen LogP contribution is -2.21. The maximum atomic E-state index is 6.02. The molecule has 0 radical (unpaired) electrons. The lowest BCUT2D eigenvalue weighted by Gasteiger charge is -2.22. The Balaban J connectivity index is 1.81. The summed E-state index contributed by atoms with van der Waals surface area (Å²) in [6.45, 7) is 7.31. The first-order chi connectivity index (χ1) is 10.3. The van der Waals surface area contributed by atoms with Crippen LogP contribution in [0.15, 0.2) is 6.07 Å². The summed E-state index contributed by atoms with van der Waals surface area (Å²) in [7, 11) is 0. The molecule has 3 rings (SSSR count). The van der Waals surface area contributed by atoms with Crippen LogP contribution in [0.3, 0.4) is 0 Å². The van der Waals surface area contributed by atoms with Gasteiger partial charge in [0.05, 0.1) is 12.0 Å². The van der Waals surface area contributed by atoms with Crippen LogP contribution in [-0.4, -0.2) is 36.3 Å². The number of thiophene rings is 1. The molecular weight excluding hydrogens is 286 g/mol. The Kier molecular flexibility index (Phi) is 4.55. The van der Waals surface area contributed by atoms with E-state index in [1.807, 2.05) is 6.92 Å². The highest BCUT2D eigenvalue weighted by molar-refractivity contribution is 7.18. The summed E-state index contributed by atoms with van der Waals surface area (Å²) < 4.78 is 11.4. The normalized spacial score (nSPS) is 16.3. The number of anilines is 1. The Labute approximate surface area is 128 Å². The lowest BCUT2D eigenvalue weighted by atomic mass is 10.0. The third-order valence-corrected chi connectivity index (χ3v) is 4.56. The summed E-state index contributed by atoms with van der Waals surface area (Å²) in [5.41, 5.74) is 0. The molecule has 2 aromatic rings. The Morgan fingerprint density at radius 2 is 2.19 bits per heavy atom. The maximum Gasteiger partial charge on any atom is 0.227 e. The Bertz CT molecular complexity index is 608. The van der Waals surface area contributed by atoms with E-state index in [4.69, 9.17) is 9.47 Å². The van der Waals surface area contributed by atoms with Crippen molar-refractivity contribution in [2.45, 2.75) is 26.7 Å². The number of hydrogen-bond donors (Lipinski definition) is 1. The van der Waals surface area contributed by atoms with E-state index in [2.05, 4.69) is 28.3 Å². The van der Waals surface area contributed by atoms with Gasteiger partial charge >= 0.3 is 0 Å². The van der Waals surface area contributed by atoms with Crippen LogP contribution in [-0.2, 0) is 4.74 Å². The molecule has 0 saturated carbocycles. The van der Waals surface area contributed by atoms with Crippen LogP contribution in [0.2, 0.25) is 0 Å². The topological polar surface area (TPSA) is 56.3 Å². The van der Waals surface area contributed by atoms with E-state index in [0.717, 1.165) is 42.8 Å². The number of ether oxygens (including phenoxy) is 2. The molecule has 1 N–H and O–H groups in total. The quantitative estimate of drug-likeness (QED) is 0.919. The molecule has 0 amide bonds. The van der Waals surface area contributed by atoms with E-state index in [9.17, 15) is 0 Å². The fourth-order valence-corrected chi connectivity index (χ4v) is 3.34. The van der Waals surface area contributed by atoms with E-state index >= 15 is 0 Å². The van der Waals surface area contributed by atoms with Gasteiger partial charge in [0.1, 0.15) is 4.83 Å². The van der Waals surface area contributed by atoms with Crippen molar-refractivity contribution < 1.29 is 9.47 Å². The van der Waals surface area contributed by atoms with Crippen molar-refractivity contribution in [3.63, 3.8) is 0 Å². The van der Waals surface area contributed by atoms with Crippen molar-refractivity contribution in [3.8, 4) is 5.88 Å². The van der Waals surface area contributed by atoms with Gasteiger partial charge in [-0.05, 0) is 38.7 Å². The SMILES string of the molecule is CCNc1nc(OCC2CCOCC2)c2cc(C)sc2n1. The molecule has 0 bridgehead atoms. The van der Waals surface area contributed by atoms with Crippen molar-refractivity contribution >= 4 is 27.5 Å². The van der Waals surface area contributed by atoms with Crippen LogP contribution in [0.25, 0.3) is 10.2 Å². The van der Waals surface area contributed by atoms with Gasteiger partial charge < -0.3 is 14.8 Å². The molecular formula is C15H21N3O2S. The van der Waals surface area contributed by atoms with E-state index < -0.39 is 0 Å². The second-order valence-electron chi connectivity index (χ2n) is 5.33. The highest BCUT2D eigenvalue weighted by Gasteiger charge is 2.17. The standard InChI is InChI=1S/C15H21N3O2S/c1-3-16-15-17-13(12-8-10(2)21-14(12)18-15)20-9-11-4-6-19-7-5-11/h8,11H,3-7,9H2,1-2H3,(H,16,17,18). The van der Waals surface area contributed by atoms with Crippen molar-refractivity contribution in [1.29, 1.82) is 0 Å². The second-order valence-corrected chi connectivity index (χ2v) is 6.56. The van der Waals surface area contributed by atoms with Gasteiger partial charge in [-0.3, -0.25) is 0 Å². The third kappa shape index (κ3) is 3.44. The van der Waals surface area contributed by atoms with Crippen LogP contribution in [0, 0.1) is 12.8 Å². The van der Waals surface area contributed by atoms with E-state index in [0.29, 0.717) is 24.4 Å². The first-order valence-corrected chi connectivity index (χ1v) is 8.30. The number of hydrogen-bond acceptors (Lipinski definition) is 6. The zero-order valence-electron chi connectivity index (χ0n) is 12.5. The predicted molar refractivity (Wildman–Crippen MR) is 85.4 cm³/mol. The van der Waals surface area contributed by atoms with Crippen molar-refractivity contribution in [1.82, 2.24) is 9.97 Å². The minimum Gasteiger partial charge on any atom is -0.477 e. The summed E-state index contributed by atoms with van der Waals surface area (Å²) in [4.78, 5) is 11.3. The Morgan fingerprint density at radius 1 is 1.38 bits per heavy atom. The average Bonchev–Trinajstić information content (AvgIpc) is 2.86. The van der Waals surface area contributed by atoms with Crippen LogP contribution in [0.1, 0.15) is 24.6 Å². The molecule has 0 aromatic carbocycles. The first-order valence-electron chi connectivity index (χ1n) is 7.49. The van der Waals surface area contributed by atoms with Gasteiger partial charge in [-0.25, -0.2) is 4.98 Å². The summed E-state index contributed by atoms with van der Waals surface area (Å²) >= 11 is 1.68. The molecule has 1 aliphatic heterocycles. The van der Waals surface area contributed by atoms with Crippen LogP contribution >= 0.6 is 11.3 Å². The first kappa shape index (κ1) is 14.5. The zero-order valence-corrected chi connectivity index (χ0v) is 13.3. The van der Waals surface area contributed by atoms with Crippen molar-refractivity contribution in [3.05, 3.63) is 10.9 Å². The number of aryl methyl sites for hydroxylation is 1. The molecule has 1 saturated heterocycles. The van der Waals surface area contributed by atoms with Gasteiger partial charge in [-0.15, -0.1) is 11.3 Å². The fourth-order valence-electron chi connectivity index (χ4n) is 2.47. The minimum atomic E-state index is 0.561. The van der Waals surface area contributed by atoms with Gasteiger partial charge in [0, 0.05) is 24.6 Å². The maximum absolute atomic E-state index is 6.02. The lowest BCUT2D eigenvalue weighted by molar-refractivity contribution is 0.0493. The third-order valence-electron chi connectivity index (χ3n) is 3.61. The average molecular weight is 307 g/mol. The number of fused-ring (bicyclic) bond motifs is 1. The summed E-state index contributed by atoms with van der Waals surface area (Å²) in [6, 6.07) is 2.11. The van der Waals surface area contributed by atoms with Gasteiger partial charge in [-0.1, -0.05) is 0 Å². The van der Waals surface area contributed by atoms with Gasteiger partial charge in [0.15, 0.2) is 0 Å². The number of rotatable bonds is 5. The second kappa shape index (κ2) is 6.58. The van der Waals surface area contributed by atoms with E-state index in [-0.39, 0.29) is 0 Å². The molecule has 21 heavy (non-hydrogen) atoms. The fraction of sp³-hybridized carbons (Fsp3) is 0.600. The van der Waals surface area contributed by atoms with Crippen LogP contribution in [0.4, 0.5) is 5.95 Å². The number of nitrogens with zero attached hydrogens (tertiary/aromatic N) is 2. The Hall–Kier alpha value is -1.40. The summed E-state index contributed by atoms with van der Waals surface area (Å²) in [5, 5.41) is 4.19. The van der Waals surface area contributed by atoms with Crippen molar-refractivity contribution in [2.75, 3.05) is 31.7 Å². The number of nitrogens with one attached hydrogen (secondary N) is 1. The molecule has 1 aliphatic rings. The molecule has 114 valence electrons. The smallest absolute Gasteiger partial charge is 0.227 e. The van der Waals surface area contributed by atoms with Crippen LogP contribution < -0.4 is 10.1 Å². The largest absolute Gasteiger partial charge is 0.477 e.